The number of benzene rings is 1. The van der Waals surface area contributed by atoms with Gasteiger partial charge < -0.3 is 9.64 Å². The fourth-order valence-corrected chi connectivity index (χ4v) is 4.53. The van der Waals surface area contributed by atoms with E-state index in [1.807, 2.05) is 10.9 Å². The Morgan fingerprint density at radius 1 is 1.07 bits per heavy atom. The lowest BCUT2D eigenvalue weighted by Gasteiger charge is -2.44. The van der Waals surface area contributed by atoms with Crippen LogP contribution in [0.4, 0.5) is 5.69 Å². The van der Waals surface area contributed by atoms with Crippen LogP contribution in [0.3, 0.4) is 0 Å². The van der Waals surface area contributed by atoms with E-state index in [0.29, 0.717) is 6.04 Å². The molecule has 3 heterocycles. The third-order valence-corrected chi connectivity index (χ3v) is 6.17. The molecule has 1 aromatic carbocycles. The van der Waals surface area contributed by atoms with Crippen LogP contribution in [0.5, 0.6) is 5.75 Å². The number of rotatable bonds is 6. The number of aryl methyl sites for hydroxylation is 1. The lowest BCUT2D eigenvalue weighted by atomic mass is 10.0. The highest BCUT2D eigenvalue weighted by molar-refractivity contribution is 5.49. The van der Waals surface area contributed by atoms with Crippen LogP contribution in [-0.4, -0.2) is 72.0 Å². The van der Waals surface area contributed by atoms with E-state index in [-0.39, 0.29) is 0 Å². The zero-order chi connectivity index (χ0) is 19.3. The molecule has 2 aromatic rings. The molecule has 0 saturated carbocycles. The highest BCUT2D eigenvalue weighted by Crippen LogP contribution is 2.23. The van der Waals surface area contributed by atoms with Crippen molar-refractivity contribution in [2.45, 2.75) is 38.9 Å². The molecule has 1 atom stereocenters. The molecule has 2 aliphatic heterocycles. The summed E-state index contributed by atoms with van der Waals surface area (Å²) in [6.45, 7) is 11.0. The number of aromatic nitrogens is 2. The van der Waals surface area contributed by atoms with E-state index in [2.05, 4.69) is 57.2 Å². The molecular weight excluding hydrogens is 350 g/mol. The first-order chi connectivity index (χ1) is 13.7. The summed E-state index contributed by atoms with van der Waals surface area (Å²) in [5.74, 6) is 0.925. The topological polar surface area (TPSA) is 36.8 Å². The molecule has 0 N–H and O–H groups in total. The molecule has 2 fully saturated rings. The molecule has 6 nitrogen and oxygen atoms in total. The van der Waals surface area contributed by atoms with Crippen molar-refractivity contribution in [3.05, 3.63) is 42.2 Å². The van der Waals surface area contributed by atoms with Gasteiger partial charge in [0, 0.05) is 69.3 Å². The fraction of sp³-hybridized carbons (Fsp3) is 0.591. The van der Waals surface area contributed by atoms with Crippen molar-refractivity contribution in [2.75, 3.05) is 51.3 Å². The average Bonchev–Trinajstić information content (AvgIpc) is 3.22. The molecule has 2 saturated heterocycles. The van der Waals surface area contributed by atoms with Crippen molar-refractivity contribution < 1.29 is 4.74 Å². The van der Waals surface area contributed by atoms with Gasteiger partial charge in [-0.1, -0.05) is 0 Å². The van der Waals surface area contributed by atoms with Crippen LogP contribution in [0, 0.1) is 0 Å². The SMILES string of the molecule is CCn1cc(CN2CCCC(N3CCN(c4ccc(OC)cc4)CC3)C2)cn1. The van der Waals surface area contributed by atoms with Gasteiger partial charge in [0.1, 0.15) is 5.75 Å². The number of piperazine rings is 1. The summed E-state index contributed by atoms with van der Waals surface area (Å²) in [7, 11) is 1.72. The summed E-state index contributed by atoms with van der Waals surface area (Å²) in [4.78, 5) is 7.82. The molecule has 0 spiro atoms. The quantitative estimate of drug-likeness (QED) is 0.767. The number of likely N-dealkylation sites (tertiary alicyclic amines) is 1. The highest BCUT2D eigenvalue weighted by Gasteiger charge is 2.28. The van der Waals surface area contributed by atoms with Crippen molar-refractivity contribution in [3.8, 4) is 5.75 Å². The van der Waals surface area contributed by atoms with Crippen LogP contribution in [0.25, 0.3) is 0 Å². The van der Waals surface area contributed by atoms with E-state index in [9.17, 15) is 0 Å². The van der Waals surface area contributed by atoms with Crippen molar-refractivity contribution in [1.82, 2.24) is 19.6 Å². The van der Waals surface area contributed by atoms with Gasteiger partial charge in [0.2, 0.25) is 0 Å². The number of piperidine rings is 1. The van der Waals surface area contributed by atoms with Gasteiger partial charge in [-0.15, -0.1) is 0 Å². The van der Waals surface area contributed by atoms with E-state index in [1.165, 1.54) is 37.2 Å². The second-order valence-corrected chi connectivity index (χ2v) is 7.96. The number of ether oxygens (including phenoxy) is 1. The molecule has 0 amide bonds. The van der Waals surface area contributed by atoms with E-state index in [1.54, 1.807) is 7.11 Å². The Bertz CT molecular complexity index is 736. The smallest absolute Gasteiger partial charge is 0.119 e. The maximum atomic E-state index is 5.28. The maximum Gasteiger partial charge on any atom is 0.119 e. The maximum absolute atomic E-state index is 5.28. The summed E-state index contributed by atoms with van der Waals surface area (Å²) in [5, 5.41) is 4.42. The lowest BCUT2D eigenvalue weighted by Crippen LogP contribution is -2.55. The first-order valence-electron chi connectivity index (χ1n) is 10.6. The van der Waals surface area contributed by atoms with Gasteiger partial charge in [0.05, 0.1) is 13.3 Å². The third kappa shape index (κ3) is 4.50. The number of nitrogens with zero attached hydrogens (tertiary/aromatic N) is 5. The molecule has 0 bridgehead atoms. The summed E-state index contributed by atoms with van der Waals surface area (Å²) < 4.78 is 7.30. The number of anilines is 1. The fourth-order valence-electron chi connectivity index (χ4n) is 4.53. The molecule has 28 heavy (non-hydrogen) atoms. The molecular formula is C22H33N5O. The van der Waals surface area contributed by atoms with Crippen molar-refractivity contribution >= 4 is 5.69 Å². The first-order valence-corrected chi connectivity index (χ1v) is 10.6. The van der Waals surface area contributed by atoms with Gasteiger partial charge in [-0.2, -0.15) is 5.10 Å². The number of hydrogen-bond donors (Lipinski definition) is 0. The minimum Gasteiger partial charge on any atom is -0.497 e. The van der Waals surface area contributed by atoms with Crippen LogP contribution in [-0.2, 0) is 13.1 Å². The largest absolute Gasteiger partial charge is 0.497 e. The van der Waals surface area contributed by atoms with Crippen LogP contribution in [0.2, 0.25) is 0 Å². The normalized spacial score (nSPS) is 21.8. The summed E-state index contributed by atoms with van der Waals surface area (Å²) in [6, 6.07) is 9.15. The van der Waals surface area contributed by atoms with E-state index in [4.69, 9.17) is 4.74 Å². The second kappa shape index (κ2) is 8.97. The monoisotopic (exact) mass is 383 g/mol. The second-order valence-electron chi connectivity index (χ2n) is 7.96. The standard InChI is InChI=1S/C22H33N5O/c1-3-27-17-19(15-23-27)16-24-10-4-5-21(18-24)26-13-11-25(12-14-26)20-6-8-22(28-2)9-7-20/h6-9,15,17,21H,3-5,10-14,16,18H2,1-2H3. The minimum absolute atomic E-state index is 0.688. The van der Waals surface area contributed by atoms with Gasteiger partial charge in [-0.05, 0) is 50.6 Å². The first kappa shape index (κ1) is 19.3. The van der Waals surface area contributed by atoms with Crippen molar-refractivity contribution in [3.63, 3.8) is 0 Å². The Morgan fingerprint density at radius 3 is 2.54 bits per heavy atom. The molecule has 0 aliphatic carbocycles. The molecule has 1 aromatic heterocycles. The Balaban J connectivity index is 1.28. The van der Waals surface area contributed by atoms with Gasteiger partial charge in [-0.3, -0.25) is 14.5 Å². The highest BCUT2D eigenvalue weighted by atomic mass is 16.5. The van der Waals surface area contributed by atoms with Crippen molar-refractivity contribution in [2.24, 2.45) is 0 Å². The number of hydrogen-bond acceptors (Lipinski definition) is 5. The average molecular weight is 384 g/mol. The zero-order valence-electron chi connectivity index (χ0n) is 17.3. The molecule has 0 radical (unpaired) electrons. The molecule has 4 rings (SSSR count). The Labute approximate surface area is 168 Å². The number of methoxy groups -OCH3 is 1. The zero-order valence-corrected chi connectivity index (χ0v) is 17.3. The Morgan fingerprint density at radius 2 is 1.86 bits per heavy atom. The van der Waals surface area contributed by atoms with Crippen LogP contribution in [0.15, 0.2) is 36.7 Å². The molecule has 152 valence electrons. The van der Waals surface area contributed by atoms with E-state index >= 15 is 0 Å². The third-order valence-electron chi connectivity index (χ3n) is 6.17. The van der Waals surface area contributed by atoms with Gasteiger partial charge >= 0.3 is 0 Å². The summed E-state index contributed by atoms with van der Waals surface area (Å²) in [6.07, 6.45) is 6.84. The van der Waals surface area contributed by atoms with Gasteiger partial charge in [-0.25, -0.2) is 0 Å². The van der Waals surface area contributed by atoms with Crippen LogP contribution < -0.4 is 9.64 Å². The van der Waals surface area contributed by atoms with Gasteiger partial charge in [0.25, 0.3) is 0 Å². The van der Waals surface area contributed by atoms with Crippen LogP contribution in [0.1, 0.15) is 25.3 Å². The molecule has 1 unspecified atom stereocenters. The summed E-state index contributed by atoms with van der Waals surface area (Å²) in [5.41, 5.74) is 2.64. The van der Waals surface area contributed by atoms with Gasteiger partial charge in [0.15, 0.2) is 0 Å². The summed E-state index contributed by atoms with van der Waals surface area (Å²) >= 11 is 0. The predicted octanol–water partition coefficient (Wildman–Crippen LogP) is 2.70. The predicted molar refractivity (Wildman–Crippen MR) is 113 cm³/mol. The molecule has 6 heteroatoms. The van der Waals surface area contributed by atoms with E-state index < -0.39 is 0 Å². The minimum atomic E-state index is 0.688. The van der Waals surface area contributed by atoms with E-state index in [0.717, 1.165) is 45.0 Å². The Hall–Kier alpha value is -2.05. The molecule has 2 aliphatic rings. The Kier molecular flexibility index (Phi) is 6.17. The van der Waals surface area contributed by atoms with Crippen molar-refractivity contribution in [1.29, 1.82) is 0 Å². The van der Waals surface area contributed by atoms with Crippen LogP contribution >= 0.6 is 0 Å². The lowest BCUT2D eigenvalue weighted by molar-refractivity contribution is 0.0887.